The normalized spacial score (nSPS) is 14.3. The van der Waals surface area contributed by atoms with E-state index in [1.807, 2.05) is 0 Å². The molecule has 0 aliphatic rings. The van der Waals surface area contributed by atoms with Crippen molar-refractivity contribution in [3.8, 4) is 0 Å². The Morgan fingerprint density at radius 1 is 0.800 bits per heavy atom. The summed E-state index contributed by atoms with van der Waals surface area (Å²) in [6.07, 6.45) is 15.2. The number of unbranched alkanes of at least 4 members (excludes halogenated alkanes) is 11. The highest BCUT2D eigenvalue weighted by atomic mass is 31.2. The van der Waals surface area contributed by atoms with E-state index in [2.05, 4.69) is 11.4 Å². The van der Waals surface area contributed by atoms with Gasteiger partial charge < -0.3 is 4.89 Å². The fraction of sp³-hybridized carbons (Fsp3) is 1.00. The second-order valence-corrected chi connectivity index (χ2v) is 6.93. The van der Waals surface area contributed by atoms with Crippen LogP contribution < -0.4 is 0 Å². The summed E-state index contributed by atoms with van der Waals surface area (Å²) in [5.41, 5.74) is 0. The van der Waals surface area contributed by atoms with Crippen LogP contribution in [0.1, 0.15) is 84.0 Å². The van der Waals surface area contributed by atoms with Crippen LogP contribution in [0, 0.1) is 0 Å². The molecule has 0 rings (SSSR count). The van der Waals surface area contributed by atoms with Gasteiger partial charge in [0.1, 0.15) is 0 Å². The minimum absolute atomic E-state index is 0.305. The van der Waals surface area contributed by atoms with E-state index < -0.39 is 7.82 Å². The van der Waals surface area contributed by atoms with Crippen LogP contribution in [0.5, 0.6) is 0 Å². The van der Waals surface area contributed by atoms with Crippen molar-refractivity contribution in [3.05, 3.63) is 0 Å². The molecule has 0 saturated carbocycles. The molecule has 0 amide bonds. The lowest BCUT2D eigenvalue weighted by molar-refractivity contribution is 0.170. The third kappa shape index (κ3) is 14.5. The van der Waals surface area contributed by atoms with Gasteiger partial charge in [-0.1, -0.05) is 77.6 Å². The number of phosphoric acid groups is 1. The highest BCUT2D eigenvalue weighted by Gasteiger charge is 2.17. The van der Waals surface area contributed by atoms with Crippen molar-refractivity contribution in [3.63, 3.8) is 0 Å². The second kappa shape index (κ2) is 14.1. The molecule has 0 aliphatic heterocycles. The van der Waals surface area contributed by atoms with Gasteiger partial charge in [-0.25, -0.2) is 4.57 Å². The monoisotopic (exact) mass is 308 g/mol. The largest absolute Gasteiger partial charge is 0.471 e. The number of hydrogen-bond acceptors (Lipinski definition) is 3. The van der Waals surface area contributed by atoms with Crippen LogP contribution in [0.4, 0.5) is 0 Å². The Morgan fingerprint density at radius 2 is 1.20 bits per heavy atom. The van der Waals surface area contributed by atoms with Crippen molar-refractivity contribution < 1.29 is 18.5 Å². The van der Waals surface area contributed by atoms with E-state index in [9.17, 15) is 4.57 Å². The summed E-state index contributed by atoms with van der Waals surface area (Å²) in [6, 6.07) is 0. The van der Waals surface area contributed by atoms with Gasteiger partial charge >= 0.3 is 7.82 Å². The van der Waals surface area contributed by atoms with Crippen molar-refractivity contribution in [2.24, 2.45) is 0 Å². The molecule has 4 nitrogen and oxygen atoms in total. The second-order valence-electron chi connectivity index (χ2n) is 5.37. The Balaban J connectivity index is 3.08. The summed E-state index contributed by atoms with van der Waals surface area (Å²) in [5, 5.41) is 0. The first-order chi connectivity index (χ1) is 9.62. The lowest BCUT2D eigenvalue weighted by atomic mass is 10.1. The highest BCUT2D eigenvalue weighted by Crippen LogP contribution is 2.41. The average Bonchev–Trinajstić information content (AvgIpc) is 2.44. The summed E-state index contributed by atoms with van der Waals surface area (Å²) in [5.74, 6) is 0. The third-order valence-corrected chi connectivity index (χ3v) is 4.45. The average molecular weight is 308 g/mol. The molecular formula is C15H33O4P. The molecule has 0 aliphatic carbocycles. The molecule has 0 aromatic rings. The quantitative estimate of drug-likeness (QED) is 0.323. The molecule has 5 heteroatoms. The first-order valence-corrected chi connectivity index (χ1v) is 9.65. The molecular weight excluding hydrogens is 275 g/mol. The first kappa shape index (κ1) is 20.1. The first-order valence-electron chi connectivity index (χ1n) is 8.15. The van der Waals surface area contributed by atoms with Gasteiger partial charge in [0.25, 0.3) is 0 Å². The van der Waals surface area contributed by atoms with Crippen LogP contribution >= 0.6 is 7.82 Å². The maximum absolute atomic E-state index is 11.0. The Bertz CT molecular complexity index is 246. The van der Waals surface area contributed by atoms with Gasteiger partial charge in [-0.15, -0.1) is 0 Å². The Morgan fingerprint density at radius 3 is 1.60 bits per heavy atom. The Kier molecular flexibility index (Phi) is 14.1. The van der Waals surface area contributed by atoms with Crippen LogP contribution in [0.15, 0.2) is 0 Å². The summed E-state index contributed by atoms with van der Waals surface area (Å²) < 4.78 is 20.1. The predicted octanol–water partition coefficient (Wildman–Crippen LogP) is 5.45. The lowest BCUT2D eigenvalue weighted by Gasteiger charge is -2.08. The van der Waals surface area contributed by atoms with E-state index in [1.165, 1.54) is 71.3 Å². The zero-order valence-electron chi connectivity index (χ0n) is 13.3. The molecule has 0 aromatic heterocycles. The molecule has 0 aromatic carbocycles. The highest BCUT2D eigenvalue weighted by molar-refractivity contribution is 7.47. The van der Waals surface area contributed by atoms with Gasteiger partial charge in [-0.3, -0.25) is 9.05 Å². The van der Waals surface area contributed by atoms with Crippen molar-refractivity contribution in [2.75, 3.05) is 13.7 Å². The summed E-state index contributed by atoms with van der Waals surface area (Å²) in [6.45, 7) is 2.55. The molecule has 1 N–H and O–H groups in total. The molecule has 20 heavy (non-hydrogen) atoms. The van der Waals surface area contributed by atoms with Gasteiger partial charge in [0.05, 0.1) is 6.61 Å². The molecule has 0 spiro atoms. The standard InChI is InChI=1S/C15H33O4P/c1-3-4-5-6-7-8-9-10-11-12-13-14-15-19-20(16,17)18-2/h3-15H2,1-2H3,(H,16,17). The van der Waals surface area contributed by atoms with Crippen molar-refractivity contribution in [2.45, 2.75) is 84.0 Å². The lowest BCUT2D eigenvalue weighted by Crippen LogP contribution is -1.94. The molecule has 1 unspecified atom stereocenters. The Labute approximate surface area is 124 Å². The van der Waals surface area contributed by atoms with Crippen LogP contribution in [0.2, 0.25) is 0 Å². The van der Waals surface area contributed by atoms with Gasteiger partial charge in [-0.05, 0) is 6.42 Å². The molecule has 1 atom stereocenters. The van der Waals surface area contributed by atoms with Crippen LogP contribution in [-0.4, -0.2) is 18.6 Å². The van der Waals surface area contributed by atoms with Crippen LogP contribution in [-0.2, 0) is 13.6 Å². The third-order valence-electron chi connectivity index (χ3n) is 3.48. The number of rotatable bonds is 15. The fourth-order valence-corrected chi connectivity index (χ4v) is 2.64. The minimum atomic E-state index is -3.76. The van der Waals surface area contributed by atoms with Gasteiger partial charge in [0.15, 0.2) is 0 Å². The molecule has 0 bridgehead atoms. The van der Waals surface area contributed by atoms with E-state index in [1.54, 1.807) is 0 Å². The minimum Gasteiger partial charge on any atom is -0.303 e. The zero-order chi connectivity index (χ0) is 15.1. The maximum Gasteiger partial charge on any atom is 0.471 e. The maximum atomic E-state index is 11.0. The Hall–Kier alpha value is 0.110. The molecule has 0 heterocycles. The van der Waals surface area contributed by atoms with Gasteiger partial charge in [0, 0.05) is 7.11 Å². The SMILES string of the molecule is CCCCCCCCCCCCCCOP(=O)(O)OC. The van der Waals surface area contributed by atoms with Crippen LogP contribution in [0.25, 0.3) is 0 Å². The van der Waals surface area contributed by atoms with E-state index in [0.29, 0.717) is 6.61 Å². The number of phosphoric ester groups is 1. The molecule has 122 valence electrons. The number of hydrogen-bond donors (Lipinski definition) is 1. The predicted molar refractivity (Wildman–Crippen MR) is 83.9 cm³/mol. The van der Waals surface area contributed by atoms with E-state index >= 15 is 0 Å². The van der Waals surface area contributed by atoms with Crippen molar-refractivity contribution in [1.82, 2.24) is 0 Å². The van der Waals surface area contributed by atoms with Crippen molar-refractivity contribution in [1.29, 1.82) is 0 Å². The van der Waals surface area contributed by atoms with E-state index in [0.717, 1.165) is 12.8 Å². The summed E-state index contributed by atoms with van der Waals surface area (Å²) in [4.78, 5) is 9.01. The van der Waals surface area contributed by atoms with E-state index in [-0.39, 0.29) is 0 Å². The van der Waals surface area contributed by atoms with Gasteiger partial charge in [0.2, 0.25) is 0 Å². The zero-order valence-corrected chi connectivity index (χ0v) is 14.2. The van der Waals surface area contributed by atoms with E-state index in [4.69, 9.17) is 9.42 Å². The molecule has 0 saturated heterocycles. The topological polar surface area (TPSA) is 55.8 Å². The molecule has 0 radical (unpaired) electrons. The summed E-state index contributed by atoms with van der Waals surface area (Å²) >= 11 is 0. The fourth-order valence-electron chi connectivity index (χ4n) is 2.18. The van der Waals surface area contributed by atoms with Crippen molar-refractivity contribution >= 4 is 7.82 Å². The molecule has 0 fully saturated rings. The van der Waals surface area contributed by atoms with Gasteiger partial charge in [-0.2, -0.15) is 0 Å². The smallest absolute Gasteiger partial charge is 0.303 e. The summed E-state index contributed by atoms with van der Waals surface area (Å²) in [7, 11) is -2.57. The van der Waals surface area contributed by atoms with Crippen LogP contribution in [0.3, 0.4) is 0 Å².